The van der Waals surface area contributed by atoms with Crippen molar-refractivity contribution < 1.29 is 9.21 Å². The van der Waals surface area contributed by atoms with Crippen LogP contribution in [0.3, 0.4) is 0 Å². The summed E-state index contributed by atoms with van der Waals surface area (Å²) in [5.41, 5.74) is 0. The molecule has 2 heterocycles. The molecule has 0 atom stereocenters. The van der Waals surface area contributed by atoms with Gasteiger partial charge in [-0.05, 0) is 12.8 Å². The first-order valence-corrected chi connectivity index (χ1v) is 6.21. The number of nitrogens with one attached hydrogen (secondary N) is 1. The lowest BCUT2D eigenvalue weighted by atomic mass is 10.4. The minimum absolute atomic E-state index is 0.171. The van der Waals surface area contributed by atoms with Crippen LogP contribution >= 0.6 is 0 Å². The fourth-order valence-corrected chi connectivity index (χ4v) is 1.95. The van der Waals surface area contributed by atoms with E-state index in [-0.39, 0.29) is 5.91 Å². The van der Waals surface area contributed by atoms with Crippen LogP contribution in [0, 0.1) is 0 Å². The highest BCUT2D eigenvalue weighted by Gasteiger charge is 2.17. The molecule has 0 aromatic carbocycles. The van der Waals surface area contributed by atoms with Gasteiger partial charge in [0.05, 0.1) is 19.3 Å². The highest BCUT2D eigenvalue weighted by Crippen LogP contribution is 2.07. The van der Waals surface area contributed by atoms with Gasteiger partial charge in [0.15, 0.2) is 0 Å². The van der Waals surface area contributed by atoms with Crippen molar-refractivity contribution >= 4 is 5.91 Å². The fourth-order valence-electron chi connectivity index (χ4n) is 1.95. The Balaban J connectivity index is 1.69. The molecule has 5 nitrogen and oxygen atoms in total. The van der Waals surface area contributed by atoms with E-state index in [4.69, 9.17) is 4.42 Å². The standard InChI is InChI=1S/C12H19N3O2/c1-2-10-7-14-11(17-10)8-13-9-12(16)15-5-3-4-6-15/h7,13H,2-6,8-9H2,1H3. The minimum Gasteiger partial charge on any atom is -0.444 e. The lowest BCUT2D eigenvalue weighted by molar-refractivity contribution is -0.129. The van der Waals surface area contributed by atoms with Gasteiger partial charge in [0, 0.05) is 19.5 Å². The van der Waals surface area contributed by atoms with Gasteiger partial charge in [-0.3, -0.25) is 10.1 Å². The van der Waals surface area contributed by atoms with Crippen molar-refractivity contribution in [2.45, 2.75) is 32.7 Å². The Labute approximate surface area is 101 Å². The summed E-state index contributed by atoms with van der Waals surface area (Å²) in [7, 11) is 0. The van der Waals surface area contributed by atoms with E-state index in [0.717, 1.165) is 38.1 Å². The molecule has 1 fully saturated rings. The monoisotopic (exact) mass is 237 g/mol. The zero-order chi connectivity index (χ0) is 12.1. The predicted octanol–water partition coefficient (Wildman–Crippen LogP) is 0.949. The van der Waals surface area contributed by atoms with Crippen molar-refractivity contribution in [3.8, 4) is 0 Å². The Bertz CT molecular complexity index is 370. The molecule has 0 saturated carbocycles. The second-order valence-corrected chi connectivity index (χ2v) is 4.27. The molecule has 94 valence electrons. The van der Waals surface area contributed by atoms with E-state index in [9.17, 15) is 4.79 Å². The smallest absolute Gasteiger partial charge is 0.236 e. The van der Waals surface area contributed by atoms with Crippen LogP contribution in [-0.4, -0.2) is 35.4 Å². The van der Waals surface area contributed by atoms with E-state index in [1.807, 2.05) is 11.8 Å². The Hall–Kier alpha value is -1.36. The summed E-state index contributed by atoms with van der Waals surface area (Å²) in [5.74, 6) is 1.70. The average molecular weight is 237 g/mol. The summed E-state index contributed by atoms with van der Waals surface area (Å²) >= 11 is 0. The van der Waals surface area contributed by atoms with E-state index < -0.39 is 0 Å². The van der Waals surface area contributed by atoms with E-state index in [1.54, 1.807) is 6.20 Å². The molecule has 0 spiro atoms. The van der Waals surface area contributed by atoms with Gasteiger partial charge in [0.1, 0.15) is 5.76 Å². The third-order valence-electron chi connectivity index (χ3n) is 2.96. The first-order chi connectivity index (χ1) is 8.29. The summed E-state index contributed by atoms with van der Waals surface area (Å²) in [4.78, 5) is 17.7. The van der Waals surface area contributed by atoms with Crippen molar-refractivity contribution in [2.75, 3.05) is 19.6 Å². The first kappa shape index (κ1) is 12.1. The normalized spacial score (nSPS) is 15.5. The van der Waals surface area contributed by atoms with E-state index in [0.29, 0.717) is 19.0 Å². The van der Waals surface area contributed by atoms with Crippen LogP contribution in [0.4, 0.5) is 0 Å². The van der Waals surface area contributed by atoms with Gasteiger partial charge in [-0.1, -0.05) is 6.92 Å². The number of carbonyl (C=O) groups excluding carboxylic acids is 1. The number of hydrogen-bond acceptors (Lipinski definition) is 4. The topological polar surface area (TPSA) is 58.4 Å². The largest absolute Gasteiger partial charge is 0.444 e. The number of amides is 1. The van der Waals surface area contributed by atoms with Crippen molar-refractivity contribution in [2.24, 2.45) is 0 Å². The van der Waals surface area contributed by atoms with Crippen LogP contribution in [0.2, 0.25) is 0 Å². The molecule has 1 saturated heterocycles. The van der Waals surface area contributed by atoms with Gasteiger partial charge in [0.2, 0.25) is 11.8 Å². The molecule has 0 bridgehead atoms. The van der Waals surface area contributed by atoms with Gasteiger partial charge >= 0.3 is 0 Å². The van der Waals surface area contributed by atoms with Crippen LogP contribution in [0.5, 0.6) is 0 Å². The highest BCUT2D eigenvalue weighted by molar-refractivity contribution is 5.78. The van der Waals surface area contributed by atoms with Gasteiger partial charge in [-0.15, -0.1) is 0 Å². The van der Waals surface area contributed by atoms with Crippen LogP contribution in [0.1, 0.15) is 31.4 Å². The number of carbonyl (C=O) groups is 1. The maximum atomic E-state index is 11.7. The van der Waals surface area contributed by atoms with Gasteiger partial charge in [-0.2, -0.15) is 0 Å². The molecule has 1 aromatic rings. The Kier molecular flexibility index (Phi) is 4.14. The molecule has 0 radical (unpaired) electrons. The van der Waals surface area contributed by atoms with Gasteiger partial charge in [-0.25, -0.2) is 4.98 Å². The van der Waals surface area contributed by atoms with Gasteiger partial charge in [0.25, 0.3) is 0 Å². The molecular formula is C12H19N3O2. The quantitative estimate of drug-likeness (QED) is 0.828. The van der Waals surface area contributed by atoms with Crippen LogP contribution in [0.15, 0.2) is 10.6 Å². The van der Waals surface area contributed by atoms with E-state index in [1.165, 1.54) is 0 Å². The summed E-state index contributed by atoms with van der Waals surface area (Å²) in [6.45, 7) is 4.71. The summed E-state index contributed by atoms with van der Waals surface area (Å²) in [6.07, 6.45) is 4.84. The third kappa shape index (κ3) is 3.30. The van der Waals surface area contributed by atoms with E-state index >= 15 is 0 Å². The molecular weight excluding hydrogens is 218 g/mol. The maximum Gasteiger partial charge on any atom is 0.236 e. The number of nitrogens with zero attached hydrogens (tertiary/aromatic N) is 2. The van der Waals surface area contributed by atoms with Crippen molar-refractivity contribution in [3.05, 3.63) is 17.8 Å². The molecule has 1 aliphatic heterocycles. The Morgan fingerprint density at radius 1 is 1.53 bits per heavy atom. The zero-order valence-electron chi connectivity index (χ0n) is 10.2. The predicted molar refractivity (Wildman–Crippen MR) is 63.4 cm³/mol. The second kappa shape index (κ2) is 5.82. The van der Waals surface area contributed by atoms with Crippen LogP contribution < -0.4 is 5.32 Å². The molecule has 0 aliphatic carbocycles. The molecule has 17 heavy (non-hydrogen) atoms. The lowest BCUT2D eigenvalue weighted by Gasteiger charge is -2.14. The second-order valence-electron chi connectivity index (χ2n) is 4.27. The van der Waals surface area contributed by atoms with Crippen molar-refractivity contribution in [1.29, 1.82) is 0 Å². The molecule has 1 aliphatic rings. The highest BCUT2D eigenvalue weighted by atomic mass is 16.4. The minimum atomic E-state index is 0.171. The molecule has 1 amide bonds. The average Bonchev–Trinajstić information content (AvgIpc) is 3.00. The fraction of sp³-hybridized carbons (Fsp3) is 0.667. The zero-order valence-corrected chi connectivity index (χ0v) is 10.2. The molecule has 2 rings (SSSR count). The SMILES string of the molecule is CCc1cnc(CNCC(=O)N2CCCC2)o1. The lowest BCUT2D eigenvalue weighted by Crippen LogP contribution is -2.36. The molecule has 0 unspecified atom stereocenters. The third-order valence-corrected chi connectivity index (χ3v) is 2.96. The first-order valence-electron chi connectivity index (χ1n) is 6.21. The van der Waals surface area contributed by atoms with Crippen LogP contribution in [0.25, 0.3) is 0 Å². The number of oxazole rings is 1. The Morgan fingerprint density at radius 2 is 2.29 bits per heavy atom. The van der Waals surface area contributed by atoms with Gasteiger partial charge < -0.3 is 9.32 Å². The van der Waals surface area contributed by atoms with E-state index in [2.05, 4.69) is 10.3 Å². The number of hydrogen-bond donors (Lipinski definition) is 1. The number of aromatic nitrogens is 1. The summed E-state index contributed by atoms with van der Waals surface area (Å²) in [5, 5.41) is 3.07. The maximum absolute atomic E-state index is 11.7. The number of aryl methyl sites for hydroxylation is 1. The summed E-state index contributed by atoms with van der Waals surface area (Å²) < 4.78 is 5.44. The Morgan fingerprint density at radius 3 is 2.94 bits per heavy atom. The number of rotatable bonds is 5. The van der Waals surface area contributed by atoms with Crippen molar-refractivity contribution in [3.63, 3.8) is 0 Å². The van der Waals surface area contributed by atoms with Crippen molar-refractivity contribution in [1.82, 2.24) is 15.2 Å². The van der Waals surface area contributed by atoms with Crippen LogP contribution in [-0.2, 0) is 17.8 Å². The molecule has 5 heteroatoms. The molecule has 1 N–H and O–H groups in total. The molecule has 1 aromatic heterocycles. The summed E-state index contributed by atoms with van der Waals surface area (Å²) in [6, 6.07) is 0. The number of likely N-dealkylation sites (tertiary alicyclic amines) is 1.